The normalized spacial score (nSPS) is 34.9. The Bertz CT molecular complexity index is 715. The summed E-state index contributed by atoms with van der Waals surface area (Å²) >= 11 is 0. The number of fused-ring (bicyclic) bond motifs is 2. The number of aliphatic hydroxyl groups excluding tert-OH is 1. The predicted octanol–water partition coefficient (Wildman–Crippen LogP) is 3.51. The summed E-state index contributed by atoms with van der Waals surface area (Å²) in [6.07, 6.45) is 6.54. The third-order valence-corrected chi connectivity index (χ3v) is 7.59. The number of amides is 1. The molecule has 0 spiro atoms. The molecule has 3 heterocycles. The summed E-state index contributed by atoms with van der Waals surface area (Å²) in [5, 5.41) is 11.0. The third-order valence-electron chi connectivity index (χ3n) is 7.59. The van der Waals surface area contributed by atoms with Crippen molar-refractivity contribution >= 4 is 6.09 Å². The van der Waals surface area contributed by atoms with Gasteiger partial charge in [-0.15, -0.1) is 0 Å². The Kier molecular flexibility index (Phi) is 4.84. The van der Waals surface area contributed by atoms with Crippen LogP contribution in [0.4, 0.5) is 4.79 Å². The minimum absolute atomic E-state index is 0.0302. The molecule has 0 radical (unpaired) electrons. The fraction of sp³-hybridized carbons (Fsp3) is 0.696. The molecule has 1 aromatic rings. The summed E-state index contributed by atoms with van der Waals surface area (Å²) in [5.41, 5.74) is 2.79. The van der Waals surface area contributed by atoms with Crippen molar-refractivity contribution in [3.05, 3.63) is 35.4 Å². The number of ether oxygens (including phenoxy) is 1. The maximum Gasteiger partial charge on any atom is 0.410 e. The van der Waals surface area contributed by atoms with Crippen molar-refractivity contribution in [2.45, 2.75) is 82.1 Å². The van der Waals surface area contributed by atoms with Crippen LogP contribution in [0.5, 0.6) is 0 Å². The van der Waals surface area contributed by atoms with Crippen LogP contribution in [-0.4, -0.2) is 58.4 Å². The van der Waals surface area contributed by atoms with Crippen LogP contribution in [-0.2, 0) is 11.3 Å². The van der Waals surface area contributed by atoms with Crippen molar-refractivity contribution in [3.63, 3.8) is 0 Å². The number of benzene rings is 1. The van der Waals surface area contributed by atoms with E-state index in [1.807, 2.05) is 11.8 Å². The molecular formula is C23H32N2O3. The number of hydrogen-bond acceptors (Lipinski definition) is 4. The molecule has 0 aromatic heterocycles. The first kappa shape index (κ1) is 18.4. The average molecular weight is 385 g/mol. The zero-order chi connectivity index (χ0) is 19.3. The highest BCUT2D eigenvalue weighted by Crippen LogP contribution is 2.46. The molecule has 152 valence electrons. The van der Waals surface area contributed by atoms with E-state index < -0.39 is 6.10 Å². The lowest BCUT2D eigenvalue weighted by molar-refractivity contribution is 0.00753. The molecule has 3 aliphatic heterocycles. The first-order chi connectivity index (χ1) is 13.7. The Morgan fingerprint density at radius 1 is 1.14 bits per heavy atom. The highest BCUT2D eigenvalue weighted by Gasteiger charge is 2.59. The van der Waals surface area contributed by atoms with Crippen LogP contribution in [0.25, 0.3) is 0 Å². The van der Waals surface area contributed by atoms with Gasteiger partial charge in [-0.1, -0.05) is 37.1 Å². The van der Waals surface area contributed by atoms with Gasteiger partial charge in [0.05, 0.1) is 30.8 Å². The van der Waals surface area contributed by atoms with Gasteiger partial charge in [0.25, 0.3) is 0 Å². The van der Waals surface area contributed by atoms with Gasteiger partial charge in [0.15, 0.2) is 0 Å². The Labute approximate surface area is 167 Å². The number of carbonyl (C=O) groups is 1. The number of aliphatic hydroxyl groups is 1. The van der Waals surface area contributed by atoms with Gasteiger partial charge in [-0.05, 0) is 55.6 Å². The fourth-order valence-corrected chi connectivity index (χ4v) is 6.40. The van der Waals surface area contributed by atoms with Crippen LogP contribution in [0.1, 0.15) is 62.5 Å². The summed E-state index contributed by atoms with van der Waals surface area (Å²) < 4.78 is 5.29. The maximum atomic E-state index is 12.5. The number of piperidine rings is 2. The van der Waals surface area contributed by atoms with Crippen LogP contribution in [0.2, 0.25) is 0 Å². The largest absolute Gasteiger partial charge is 0.450 e. The SMILES string of the molecule is CCOC(=O)N1C2CC3CC1[C@H](O)C2N(Cc1ccc(C2CCCC2)cc1)C3. The van der Waals surface area contributed by atoms with Gasteiger partial charge in [-0.25, -0.2) is 4.79 Å². The van der Waals surface area contributed by atoms with E-state index in [0.717, 1.165) is 31.8 Å². The second-order valence-corrected chi connectivity index (χ2v) is 9.21. The number of nitrogens with zero attached hydrogens (tertiary/aromatic N) is 2. The molecule has 28 heavy (non-hydrogen) atoms. The third kappa shape index (κ3) is 3.03. The van der Waals surface area contributed by atoms with Gasteiger partial charge in [0.1, 0.15) is 0 Å². The van der Waals surface area contributed by atoms with Gasteiger partial charge >= 0.3 is 6.09 Å². The van der Waals surface area contributed by atoms with Crippen molar-refractivity contribution < 1.29 is 14.6 Å². The van der Waals surface area contributed by atoms with E-state index in [1.165, 1.54) is 36.8 Å². The molecule has 3 saturated heterocycles. The van der Waals surface area contributed by atoms with Crippen LogP contribution < -0.4 is 0 Å². The van der Waals surface area contributed by atoms with E-state index in [1.54, 1.807) is 0 Å². The quantitative estimate of drug-likeness (QED) is 0.863. The molecule has 5 rings (SSSR count). The van der Waals surface area contributed by atoms with Crippen LogP contribution in [0, 0.1) is 5.92 Å². The molecule has 1 aliphatic carbocycles. The fourth-order valence-electron chi connectivity index (χ4n) is 6.40. The molecule has 5 atom stereocenters. The van der Waals surface area contributed by atoms with Crippen LogP contribution in [0.3, 0.4) is 0 Å². The lowest BCUT2D eigenvalue weighted by Crippen LogP contribution is -2.57. The topological polar surface area (TPSA) is 53.0 Å². The van der Waals surface area contributed by atoms with Crippen LogP contribution in [0.15, 0.2) is 24.3 Å². The molecule has 1 N–H and O–H groups in total. The first-order valence-corrected chi connectivity index (χ1v) is 11.1. The minimum atomic E-state index is -0.473. The van der Waals surface area contributed by atoms with E-state index in [9.17, 15) is 9.90 Å². The van der Waals surface area contributed by atoms with E-state index in [0.29, 0.717) is 12.5 Å². The minimum Gasteiger partial charge on any atom is -0.450 e. The zero-order valence-corrected chi connectivity index (χ0v) is 16.8. The molecule has 5 nitrogen and oxygen atoms in total. The summed E-state index contributed by atoms with van der Waals surface area (Å²) in [4.78, 5) is 16.8. The lowest BCUT2D eigenvalue weighted by Gasteiger charge is -2.46. The zero-order valence-electron chi connectivity index (χ0n) is 16.8. The number of carbonyl (C=O) groups excluding carboxylic acids is 1. The van der Waals surface area contributed by atoms with Crippen molar-refractivity contribution in [2.24, 2.45) is 5.92 Å². The molecule has 1 amide bonds. The van der Waals surface area contributed by atoms with Gasteiger partial charge in [-0.2, -0.15) is 0 Å². The Morgan fingerprint density at radius 3 is 2.57 bits per heavy atom. The summed E-state index contributed by atoms with van der Waals surface area (Å²) in [5.74, 6) is 1.31. The van der Waals surface area contributed by atoms with Crippen molar-refractivity contribution in [1.82, 2.24) is 9.80 Å². The number of hydrogen-bond donors (Lipinski definition) is 1. The Balaban J connectivity index is 1.32. The molecule has 5 heteroatoms. The maximum absolute atomic E-state index is 12.5. The standard InChI is InChI=1S/C23H32N2O3/c1-2-28-23(27)25-19-11-16-12-20(25)22(26)21(19)24(14-16)13-15-7-9-18(10-8-15)17-5-3-4-6-17/h7-10,16-17,19-22,26H,2-6,11-14H2,1H3/t16?,19?,20?,21?,22-/m0/s1. The van der Waals surface area contributed by atoms with Crippen molar-refractivity contribution in [2.75, 3.05) is 13.2 Å². The van der Waals surface area contributed by atoms with Gasteiger partial charge < -0.3 is 9.84 Å². The Hall–Kier alpha value is -1.59. The van der Waals surface area contributed by atoms with Crippen LogP contribution >= 0.6 is 0 Å². The summed E-state index contributed by atoms with van der Waals surface area (Å²) in [6, 6.07) is 9.19. The van der Waals surface area contributed by atoms with Gasteiger partial charge in [0, 0.05) is 13.1 Å². The molecule has 3 bridgehead atoms. The summed E-state index contributed by atoms with van der Waals surface area (Å²) in [7, 11) is 0. The van der Waals surface area contributed by atoms with Gasteiger partial charge in [-0.3, -0.25) is 9.80 Å². The average Bonchev–Trinajstić information content (AvgIpc) is 3.25. The van der Waals surface area contributed by atoms with E-state index >= 15 is 0 Å². The van der Waals surface area contributed by atoms with E-state index in [-0.39, 0.29) is 24.2 Å². The van der Waals surface area contributed by atoms with Crippen molar-refractivity contribution in [3.8, 4) is 0 Å². The smallest absolute Gasteiger partial charge is 0.410 e. The molecular weight excluding hydrogens is 352 g/mol. The number of rotatable bonds is 4. The highest BCUT2D eigenvalue weighted by molar-refractivity contribution is 5.70. The molecule has 4 fully saturated rings. The monoisotopic (exact) mass is 384 g/mol. The van der Waals surface area contributed by atoms with Crippen molar-refractivity contribution in [1.29, 1.82) is 0 Å². The number of likely N-dealkylation sites (tertiary alicyclic amines) is 1. The second-order valence-electron chi connectivity index (χ2n) is 9.21. The molecule has 4 aliphatic rings. The molecule has 1 saturated carbocycles. The first-order valence-electron chi connectivity index (χ1n) is 11.1. The highest BCUT2D eigenvalue weighted by atomic mass is 16.6. The molecule has 4 unspecified atom stereocenters. The summed E-state index contributed by atoms with van der Waals surface area (Å²) in [6.45, 7) is 4.10. The van der Waals surface area contributed by atoms with E-state index in [2.05, 4.69) is 29.2 Å². The predicted molar refractivity (Wildman–Crippen MR) is 107 cm³/mol. The lowest BCUT2D eigenvalue weighted by atomic mass is 9.86. The van der Waals surface area contributed by atoms with E-state index in [4.69, 9.17) is 4.74 Å². The second kappa shape index (κ2) is 7.34. The van der Waals surface area contributed by atoms with Gasteiger partial charge in [0.2, 0.25) is 0 Å². The Morgan fingerprint density at radius 2 is 1.86 bits per heavy atom. The molecule has 1 aromatic carbocycles.